The molecule has 1 fully saturated rings. The Labute approximate surface area is 202 Å². The third kappa shape index (κ3) is 9.36. The maximum Gasteiger partial charge on any atom is 0.338 e. The van der Waals surface area contributed by atoms with Crippen molar-refractivity contribution in [2.75, 3.05) is 0 Å². The van der Waals surface area contributed by atoms with E-state index >= 15 is 0 Å². The molecule has 0 amide bonds. The predicted octanol–water partition coefficient (Wildman–Crippen LogP) is 5.74. The molecule has 34 heavy (non-hydrogen) atoms. The van der Waals surface area contributed by atoms with Gasteiger partial charge in [-0.3, -0.25) is 9.59 Å². The van der Waals surface area contributed by atoms with Gasteiger partial charge < -0.3 is 9.47 Å². The summed E-state index contributed by atoms with van der Waals surface area (Å²) in [5, 5.41) is 0. The molecular weight excluding hydrogens is 432 g/mol. The lowest BCUT2D eigenvalue weighted by atomic mass is 9.85. The summed E-state index contributed by atoms with van der Waals surface area (Å²) in [6, 6.07) is 20.0. The van der Waals surface area contributed by atoms with E-state index < -0.39 is 11.9 Å². The van der Waals surface area contributed by atoms with Crippen LogP contribution in [0.5, 0.6) is 0 Å². The van der Waals surface area contributed by atoms with Crippen molar-refractivity contribution in [2.24, 2.45) is 11.8 Å². The lowest BCUT2D eigenvalue weighted by Crippen LogP contribution is -2.17. The van der Waals surface area contributed by atoms with Gasteiger partial charge in [-0.2, -0.15) is 0 Å². The minimum Gasteiger partial charge on any atom is -0.393 e. The maximum absolute atomic E-state index is 11.5. The Morgan fingerprint density at radius 2 is 1.32 bits per heavy atom. The standard InChI is InChI=1S/C14H16O3.C8H8.C4H2O3.2CH4/c1-9(11-6-4-3-5-7-11)8-12-10(2)13(15)17-14(12)16;1-2-8-6-4-3-5-7-8;5-3-1-2-4(6)7-3;;/h3-7,9-10,12H,8H2,1-2H3;2-7H,1H2;1-2H;2*1H4. The van der Waals surface area contributed by atoms with Gasteiger partial charge in [-0.15, -0.1) is 0 Å². The number of ether oxygens (including phenoxy) is 2. The van der Waals surface area contributed by atoms with Crippen molar-refractivity contribution in [3.8, 4) is 0 Å². The summed E-state index contributed by atoms with van der Waals surface area (Å²) >= 11 is 0. The molecule has 0 bridgehead atoms. The van der Waals surface area contributed by atoms with Crippen LogP contribution in [0.25, 0.3) is 6.08 Å². The Hall–Kier alpha value is -3.80. The van der Waals surface area contributed by atoms with E-state index in [-0.39, 0.29) is 44.5 Å². The normalized spacial score (nSPS) is 18.5. The van der Waals surface area contributed by atoms with Gasteiger partial charge in [0.25, 0.3) is 0 Å². The Morgan fingerprint density at radius 3 is 1.68 bits per heavy atom. The minimum atomic E-state index is -0.579. The highest BCUT2D eigenvalue weighted by molar-refractivity contribution is 6.04. The maximum atomic E-state index is 11.5. The molecule has 2 heterocycles. The monoisotopic (exact) mass is 466 g/mol. The van der Waals surface area contributed by atoms with Crippen LogP contribution in [-0.2, 0) is 28.7 Å². The highest BCUT2D eigenvalue weighted by Crippen LogP contribution is 2.32. The summed E-state index contributed by atoms with van der Waals surface area (Å²) in [6.45, 7) is 7.46. The summed E-state index contributed by atoms with van der Waals surface area (Å²) in [4.78, 5) is 42.6. The van der Waals surface area contributed by atoms with Crippen molar-refractivity contribution in [1.29, 1.82) is 0 Å². The van der Waals surface area contributed by atoms with Crippen LogP contribution < -0.4 is 0 Å². The van der Waals surface area contributed by atoms with Crippen molar-refractivity contribution in [3.63, 3.8) is 0 Å². The Kier molecular flexibility index (Phi) is 13.4. The van der Waals surface area contributed by atoms with Gasteiger partial charge in [-0.1, -0.05) is 102 Å². The van der Waals surface area contributed by atoms with E-state index in [0.29, 0.717) is 6.42 Å². The number of benzene rings is 2. The highest BCUT2D eigenvalue weighted by Gasteiger charge is 2.41. The number of rotatable bonds is 4. The van der Waals surface area contributed by atoms with Crippen molar-refractivity contribution in [1.82, 2.24) is 0 Å². The minimum absolute atomic E-state index is 0. The van der Waals surface area contributed by atoms with Gasteiger partial charge in [0.15, 0.2) is 0 Å². The van der Waals surface area contributed by atoms with Gasteiger partial charge >= 0.3 is 23.9 Å². The number of cyclic esters (lactones) is 4. The largest absolute Gasteiger partial charge is 0.393 e. The first-order chi connectivity index (χ1) is 15.3. The summed E-state index contributed by atoms with van der Waals surface area (Å²) in [5.41, 5.74) is 2.36. The first-order valence-corrected chi connectivity index (χ1v) is 10.2. The molecule has 2 aliphatic heterocycles. The highest BCUT2D eigenvalue weighted by atomic mass is 16.6. The van der Waals surface area contributed by atoms with Crippen LogP contribution in [-0.4, -0.2) is 23.9 Å². The van der Waals surface area contributed by atoms with E-state index in [2.05, 4.69) is 23.0 Å². The van der Waals surface area contributed by atoms with Gasteiger partial charge in [0.05, 0.1) is 11.8 Å². The van der Waals surface area contributed by atoms with Crippen LogP contribution in [0.2, 0.25) is 0 Å². The number of hydrogen-bond donors (Lipinski definition) is 0. The van der Waals surface area contributed by atoms with Gasteiger partial charge in [0.2, 0.25) is 0 Å². The molecule has 0 N–H and O–H groups in total. The van der Waals surface area contributed by atoms with Gasteiger partial charge in [0.1, 0.15) is 0 Å². The first-order valence-electron chi connectivity index (χ1n) is 10.2. The van der Waals surface area contributed by atoms with Gasteiger partial charge in [0, 0.05) is 12.2 Å². The Bertz CT molecular complexity index is 962. The summed E-state index contributed by atoms with van der Waals surface area (Å²) in [5.74, 6) is -2.27. The lowest BCUT2D eigenvalue weighted by molar-refractivity contribution is -0.154. The molecule has 2 aliphatic rings. The number of carbonyl (C=O) groups is 4. The molecule has 6 nitrogen and oxygen atoms in total. The molecule has 3 unspecified atom stereocenters. The van der Waals surface area contributed by atoms with Crippen molar-refractivity contribution in [3.05, 3.63) is 90.5 Å². The third-order valence-electron chi connectivity index (χ3n) is 5.05. The van der Waals surface area contributed by atoms with E-state index in [0.717, 1.165) is 12.2 Å². The van der Waals surface area contributed by atoms with Crippen LogP contribution in [0.4, 0.5) is 0 Å². The smallest absolute Gasteiger partial charge is 0.338 e. The molecule has 1 saturated heterocycles. The van der Waals surface area contributed by atoms with Crippen LogP contribution in [0, 0.1) is 11.8 Å². The molecular formula is C28H34O6. The zero-order valence-corrected chi connectivity index (χ0v) is 18.1. The average molecular weight is 467 g/mol. The lowest BCUT2D eigenvalue weighted by Gasteiger charge is -2.16. The number of hydrogen-bond acceptors (Lipinski definition) is 6. The fourth-order valence-electron chi connectivity index (χ4n) is 3.13. The number of esters is 4. The van der Waals surface area contributed by atoms with E-state index in [1.165, 1.54) is 11.1 Å². The van der Waals surface area contributed by atoms with Gasteiger partial charge in [-0.25, -0.2) is 9.59 Å². The van der Waals surface area contributed by atoms with E-state index in [4.69, 9.17) is 0 Å². The molecule has 6 heteroatoms. The van der Waals surface area contributed by atoms with E-state index in [1.54, 1.807) is 6.92 Å². The molecule has 0 aliphatic carbocycles. The van der Waals surface area contributed by atoms with Gasteiger partial charge in [-0.05, 0) is 23.5 Å². The Balaban J connectivity index is 0.000000537. The molecule has 4 rings (SSSR count). The molecule has 3 atom stereocenters. The molecule has 0 saturated carbocycles. The average Bonchev–Trinajstić information content (AvgIpc) is 3.31. The van der Waals surface area contributed by atoms with Crippen molar-refractivity contribution in [2.45, 2.75) is 41.0 Å². The summed E-state index contributed by atoms with van der Waals surface area (Å²) in [6.07, 6.45) is 4.67. The predicted molar refractivity (Wildman–Crippen MR) is 133 cm³/mol. The molecule has 2 aromatic rings. The SMILES string of the molecule is C.C.C=Cc1ccccc1.CC(CC1C(=O)OC(=O)C1C)c1ccccc1.O=C1C=CC(=O)O1. The zero-order valence-electron chi connectivity index (χ0n) is 18.1. The second kappa shape index (κ2) is 15.1. The zero-order chi connectivity index (χ0) is 23.5. The van der Waals surface area contributed by atoms with Crippen molar-refractivity contribution >= 4 is 30.0 Å². The van der Waals surface area contributed by atoms with E-state index in [1.807, 2.05) is 66.7 Å². The second-order valence-corrected chi connectivity index (χ2v) is 7.37. The molecule has 0 spiro atoms. The molecule has 2 aromatic carbocycles. The van der Waals surface area contributed by atoms with Crippen molar-refractivity contribution < 1.29 is 28.7 Å². The Morgan fingerprint density at radius 1 is 0.824 bits per heavy atom. The molecule has 0 radical (unpaired) electrons. The van der Waals surface area contributed by atoms with Crippen LogP contribution in [0.1, 0.15) is 52.2 Å². The summed E-state index contributed by atoms with van der Waals surface area (Å²) in [7, 11) is 0. The summed E-state index contributed by atoms with van der Waals surface area (Å²) < 4.78 is 8.62. The fourth-order valence-corrected chi connectivity index (χ4v) is 3.13. The quantitative estimate of drug-likeness (QED) is 0.422. The second-order valence-electron chi connectivity index (χ2n) is 7.37. The van der Waals surface area contributed by atoms with Crippen LogP contribution in [0.15, 0.2) is 79.4 Å². The molecule has 0 aromatic heterocycles. The first kappa shape index (κ1) is 30.2. The topological polar surface area (TPSA) is 86.7 Å². The third-order valence-corrected chi connectivity index (χ3v) is 5.05. The van der Waals surface area contributed by atoms with E-state index in [9.17, 15) is 19.2 Å². The molecule has 182 valence electrons. The van der Waals surface area contributed by atoms with Crippen LogP contribution in [0.3, 0.4) is 0 Å². The van der Waals surface area contributed by atoms with Crippen LogP contribution >= 0.6 is 0 Å². The number of carbonyl (C=O) groups excluding carboxylic acids is 4. The fraction of sp³-hybridized carbons (Fsp3) is 0.286.